The first-order chi connectivity index (χ1) is 9.11. The molecule has 1 unspecified atom stereocenters. The van der Waals surface area contributed by atoms with E-state index in [0.717, 1.165) is 16.6 Å². The fourth-order valence-corrected chi connectivity index (χ4v) is 1.86. The summed E-state index contributed by atoms with van der Waals surface area (Å²) in [6.07, 6.45) is 5.37. The van der Waals surface area contributed by atoms with Gasteiger partial charge in [-0.1, -0.05) is 18.2 Å². The molecule has 2 rings (SSSR count). The first kappa shape index (κ1) is 13.1. The first-order valence-electron chi connectivity index (χ1n) is 5.98. The molecule has 96 valence electrons. The summed E-state index contributed by atoms with van der Waals surface area (Å²) >= 11 is 0. The number of aromatic nitrogens is 1. The van der Waals surface area contributed by atoms with Gasteiger partial charge in [0.2, 0.25) is 5.91 Å². The van der Waals surface area contributed by atoms with E-state index in [1.165, 1.54) is 0 Å². The van der Waals surface area contributed by atoms with Crippen molar-refractivity contribution in [2.24, 2.45) is 5.73 Å². The van der Waals surface area contributed by atoms with Gasteiger partial charge in [0.05, 0.1) is 17.2 Å². The predicted octanol–water partition coefficient (Wildman–Crippen LogP) is 1.83. The molecule has 0 saturated carbocycles. The molecular formula is C15H15N3O. The lowest BCUT2D eigenvalue weighted by Crippen LogP contribution is -2.35. The molecule has 3 N–H and O–H groups in total. The monoisotopic (exact) mass is 253 g/mol. The molecule has 0 bridgehead atoms. The molecule has 1 aromatic heterocycles. The highest BCUT2D eigenvalue weighted by atomic mass is 16.2. The lowest BCUT2D eigenvalue weighted by atomic mass is 10.1. The van der Waals surface area contributed by atoms with E-state index in [9.17, 15) is 4.79 Å². The Kier molecular flexibility index (Phi) is 3.79. The standard InChI is InChI=1S/C15H15N3O/c1-3-6-12(16)15(19)18-14-9-10(2)17-13-8-5-4-7-11(13)14/h1,4-5,7-9,12H,6,16H2,2H3,(H,17,18,19). The number of carbonyl (C=O) groups excluding carboxylic acids is 1. The summed E-state index contributed by atoms with van der Waals surface area (Å²) in [6, 6.07) is 8.74. The highest BCUT2D eigenvalue weighted by molar-refractivity contribution is 6.02. The minimum absolute atomic E-state index is 0.216. The Morgan fingerprint density at radius 1 is 1.53 bits per heavy atom. The van der Waals surface area contributed by atoms with E-state index in [1.54, 1.807) is 0 Å². The molecule has 0 fully saturated rings. The fourth-order valence-electron chi connectivity index (χ4n) is 1.86. The number of hydrogen-bond acceptors (Lipinski definition) is 3. The number of nitrogens with two attached hydrogens (primary N) is 1. The summed E-state index contributed by atoms with van der Waals surface area (Å²) in [4.78, 5) is 16.3. The van der Waals surface area contributed by atoms with Crippen LogP contribution in [0.5, 0.6) is 0 Å². The average Bonchev–Trinajstić information content (AvgIpc) is 2.38. The predicted molar refractivity (Wildman–Crippen MR) is 76.5 cm³/mol. The number of amides is 1. The lowest BCUT2D eigenvalue weighted by Gasteiger charge is -2.12. The van der Waals surface area contributed by atoms with Gasteiger partial charge in [0.1, 0.15) is 0 Å². The molecule has 4 heteroatoms. The molecule has 4 nitrogen and oxygen atoms in total. The zero-order chi connectivity index (χ0) is 13.8. The Morgan fingerprint density at radius 3 is 3.00 bits per heavy atom. The van der Waals surface area contributed by atoms with Crippen LogP contribution < -0.4 is 11.1 Å². The molecule has 19 heavy (non-hydrogen) atoms. The molecule has 1 heterocycles. The van der Waals surface area contributed by atoms with Crippen LogP contribution in [0.2, 0.25) is 0 Å². The molecule has 0 spiro atoms. The van der Waals surface area contributed by atoms with E-state index in [-0.39, 0.29) is 12.3 Å². The molecule has 1 aromatic carbocycles. The number of pyridine rings is 1. The van der Waals surface area contributed by atoms with Crippen LogP contribution in [0, 0.1) is 19.3 Å². The normalized spacial score (nSPS) is 11.8. The zero-order valence-electron chi connectivity index (χ0n) is 10.7. The third-order valence-corrected chi connectivity index (χ3v) is 2.78. The number of anilines is 1. The number of carbonyl (C=O) groups is 1. The number of nitrogens with one attached hydrogen (secondary N) is 1. The summed E-state index contributed by atoms with van der Waals surface area (Å²) < 4.78 is 0. The van der Waals surface area contributed by atoms with Gasteiger partial charge in [0.15, 0.2) is 0 Å². The Bertz CT molecular complexity index is 658. The fraction of sp³-hybridized carbons (Fsp3) is 0.200. The molecule has 1 atom stereocenters. The Hall–Kier alpha value is -2.38. The van der Waals surface area contributed by atoms with Crippen LogP contribution in [0.3, 0.4) is 0 Å². The van der Waals surface area contributed by atoms with Crippen molar-refractivity contribution in [2.45, 2.75) is 19.4 Å². The van der Waals surface area contributed by atoms with E-state index in [2.05, 4.69) is 16.2 Å². The van der Waals surface area contributed by atoms with Crippen LogP contribution in [0.25, 0.3) is 10.9 Å². The van der Waals surface area contributed by atoms with Crippen LogP contribution in [-0.2, 0) is 4.79 Å². The van der Waals surface area contributed by atoms with E-state index >= 15 is 0 Å². The molecule has 1 amide bonds. The largest absolute Gasteiger partial charge is 0.324 e. The maximum atomic E-state index is 11.9. The first-order valence-corrected chi connectivity index (χ1v) is 5.98. The maximum absolute atomic E-state index is 11.9. The van der Waals surface area contributed by atoms with Gasteiger partial charge < -0.3 is 11.1 Å². The van der Waals surface area contributed by atoms with E-state index in [0.29, 0.717) is 5.69 Å². The molecule has 0 aliphatic heterocycles. The minimum atomic E-state index is -0.697. The Labute approximate surface area is 112 Å². The summed E-state index contributed by atoms with van der Waals surface area (Å²) in [5.74, 6) is 2.10. The van der Waals surface area contributed by atoms with Crippen molar-refractivity contribution in [1.82, 2.24) is 4.98 Å². The molecule has 0 saturated heterocycles. The van der Waals surface area contributed by atoms with E-state index in [1.807, 2.05) is 37.3 Å². The van der Waals surface area contributed by atoms with Gasteiger partial charge in [-0.05, 0) is 19.1 Å². The second kappa shape index (κ2) is 5.51. The summed E-state index contributed by atoms with van der Waals surface area (Å²) in [6.45, 7) is 1.88. The summed E-state index contributed by atoms with van der Waals surface area (Å²) in [7, 11) is 0. The highest BCUT2D eigenvalue weighted by Crippen LogP contribution is 2.22. The van der Waals surface area contributed by atoms with Gasteiger partial charge in [-0.2, -0.15) is 0 Å². The lowest BCUT2D eigenvalue weighted by molar-refractivity contribution is -0.117. The van der Waals surface area contributed by atoms with Gasteiger partial charge in [0, 0.05) is 17.5 Å². The number of hydrogen-bond donors (Lipinski definition) is 2. The second-order valence-electron chi connectivity index (χ2n) is 4.33. The van der Waals surface area contributed by atoms with Crippen molar-refractivity contribution in [3.05, 3.63) is 36.0 Å². The smallest absolute Gasteiger partial charge is 0.242 e. The molecule has 0 radical (unpaired) electrons. The van der Waals surface area contributed by atoms with Crippen molar-refractivity contribution in [3.63, 3.8) is 0 Å². The van der Waals surface area contributed by atoms with Crippen molar-refractivity contribution in [3.8, 4) is 12.3 Å². The van der Waals surface area contributed by atoms with Gasteiger partial charge in [-0.15, -0.1) is 12.3 Å². The zero-order valence-corrected chi connectivity index (χ0v) is 10.7. The van der Waals surface area contributed by atoms with E-state index < -0.39 is 6.04 Å². The van der Waals surface area contributed by atoms with Gasteiger partial charge in [-0.25, -0.2) is 0 Å². The molecule has 0 aliphatic rings. The highest BCUT2D eigenvalue weighted by Gasteiger charge is 2.14. The van der Waals surface area contributed by atoms with E-state index in [4.69, 9.17) is 12.2 Å². The number of nitrogens with zero attached hydrogens (tertiary/aromatic N) is 1. The number of para-hydroxylation sites is 1. The topological polar surface area (TPSA) is 68.0 Å². The number of fused-ring (bicyclic) bond motifs is 1. The SMILES string of the molecule is C#CCC(N)C(=O)Nc1cc(C)nc2ccccc12. The van der Waals surface area contributed by atoms with Gasteiger partial charge >= 0.3 is 0 Å². The van der Waals surface area contributed by atoms with Crippen LogP contribution in [-0.4, -0.2) is 16.9 Å². The van der Waals surface area contributed by atoms with Crippen molar-refractivity contribution in [2.75, 3.05) is 5.32 Å². The second-order valence-corrected chi connectivity index (χ2v) is 4.33. The van der Waals surface area contributed by atoms with Crippen molar-refractivity contribution >= 4 is 22.5 Å². The quantitative estimate of drug-likeness (QED) is 0.820. The van der Waals surface area contributed by atoms with Crippen molar-refractivity contribution < 1.29 is 4.79 Å². The van der Waals surface area contributed by atoms with Gasteiger partial charge in [0.25, 0.3) is 0 Å². The number of terminal acetylenes is 1. The summed E-state index contributed by atoms with van der Waals surface area (Å²) in [5.41, 5.74) is 8.07. The van der Waals surface area contributed by atoms with Crippen LogP contribution >= 0.6 is 0 Å². The third kappa shape index (κ3) is 2.90. The summed E-state index contributed by atoms with van der Waals surface area (Å²) in [5, 5.41) is 3.69. The van der Waals surface area contributed by atoms with Crippen LogP contribution in [0.4, 0.5) is 5.69 Å². The van der Waals surface area contributed by atoms with Gasteiger partial charge in [-0.3, -0.25) is 9.78 Å². The number of benzene rings is 1. The van der Waals surface area contributed by atoms with Crippen molar-refractivity contribution in [1.29, 1.82) is 0 Å². The minimum Gasteiger partial charge on any atom is -0.324 e. The maximum Gasteiger partial charge on any atom is 0.242 e. The Balaban J connectivity index is 2.35. The van der Waals surface area contributed by atoms with Crippen LogP contribution in [0.1, 0.15) is 12.1 Å². The number of rotatable bonds is 3. The average molecular weight is 253 g/mol. The molecule has 0 aliphatic carbocycles. The molecular weight excluding hydrogens is 238 g/mol. The van der Waals surface area contributed by atoms with Crippen LogP contribution in [0.15, 0.2) is 30.3 Å². The Morgan fingerprint density at radius 2 is 2.26 bits per heavy atom. The number of aryl methyl sites for hydroxylation is 1. The molecule has 2 aromatic rings. The third-order valence-electron chi connectivity index (χ3n) is 2.78.